The molecule has 0 spiro atoms. The first-order chi connectivity index (χ1) is 9.26. The van der Waals surface area contributed by atoms with Crippen molar-refractivity contribution in [2.45, 2.75) is 36.3 Å². The summed E-state index contributed by atoms with van der Waals surface area (Å²) in [6.07, 6.45) is -4.90. The molecule has 1 fully saturated rings. The van der Waals surface area contributed by atoms with Crippen molar-refractivity contribution in [1.82, 2.24) is 0 Å². The van der Waals surface area contributed by atoms with E-state index in [-0.39, 0.29) is 13.0 Å². The monoisotopic (exact) mass is 334 g/mol. The maximum atomic E-state index is 10.3. The summed E-state index contributed by atoms with van der Waals surface area (Å²) in [5.74, 6) is 0.318. The zero-order valence-electron chi connectivity index (χ0n) is 10.4. The number of hydrogen-bond donors (Lipinski definition) is 5. The third-order valence-electron chi connectivity index (χ3n) is 2.65. The first-order valence-electron chi connectivity index (χ1n) is 5.80. The lowest BCUT2D eigenvalue weighted by Gasteiger charge is -2.39. The van der Waals surface area contributed by atoms with Gasteiger partial charge in [-0.3, -0.25) is 4.55 Å². The van der Waals surface area contributed by atoms with Crippen LogP contribution in [0.2, 0.25) is 0 Å². The van der Waals surface area contributed by atoms with Crippen molar-refractivity contribution in [3.8, 4) is 0 Å². The molecule has 1 aliphatic rings. The van der Waals surface area contributed by atoms with Gasteiger partial charge in [0, 0.05) is 0 Å². The minimum absolute atomic E-state index is 0.233. The minimum atomic E-state index is -4.47. The lowest BCUT2D eigenvalue weighted by molar-refractivity contribution is -0.205. The molecule has 1 rings (SSSR count). The molecule has 0 saturated carbocycles. The molecule has 9 nitrogen and oxygen atoms in total. The van der Waals surface area contributed by atoms with Crippen molar-refractivity contribution in [3.05, 3.63) is 0 Å². The Kier molecular flexibility index (Phi) is 7.11. The van der Waals surface area contributed by atoms with Crippen LogP contribution in [-0.2, 0) is 19.3 Å². The van der Waals surface area contributed by atoms with E-state index >= 15 is 0 Å². The summed E-state index contributed by atoms with van der Waals surface area (Å²) in [7, 11) is -4.47. The third kappa shape index (κ3) is 5.42. The van der Waals surface area contributed by atoms with Crippen LogP contribution < -0.4 is 0 Å². The van der Waals surface area contributed by atoms with E-state index in [1.54, 1.807) is 0 Å². The summed E-state index contributed by atoms with van der Waals surface area (Å²) in [5.41, 5.74) is -0.865. The molecule has 1 heterocycles. The molecule has 11 heteroatoms. The highest BCUT2D eigenvalue weighted by molar-refractivity contribution is 7.99. The topological polar surface area (TPSA) is 154 Å². The van der Waals surface area contributed by atoms with Crippen molar-refractivity contribution >= 4 is 22.2 Å². The van der Waals surface area contributed by atoms with E-state index in [2.05, 4.69) is 4.18 Å². The Hall–Kier alpha value is 0.0200. The Morgan fingerprint density at radius 1 is 1.15 bits per heavy atom. The van der Waals surface area contributed by atoms with E-state index in [1.165, 1.54) is 0 Å². The molecular weight excluding hydrogens is 316 g/mol. The molecule has 0 aromatic carbocycles. The van der Waals surface area contributed by atoms with Gasteiger partial charge in [0.2, 0.25) is 0 Å². The molecule has 1 saturated heterocycles. The average molecular weight is 334 g/mol. The van der Waals surface area contributed by atoms with E-state index < -0.39 is 46.9 Å². The summed E-state index contributed by atoms with van der Waals surface area (Å²) in [6, 6.07) is 0. The number of aliphatic hydroxyl groups excluding tert-OH is 4. The van der Waals surface area contributed by atoms with E-state index in [9.17, 15) is 23.7 Å². The SMILES string of the molecule is O=S(=O)(O)OCCCS[C@@H]1O[C@H](CO)[C@@H](O)[C@H](O)[C@H]1O. The molecule has 0 unspecified atom stereocenters. The van der Waals surface area contributed by atoms with Crippen LogP contribution in [0.3, 0.4) is 0 Å². The van der Waals surface area contributed by atoms with Gasteiger partial charge in [0.1, 0.15) is 29.9 Å². The highest BCUT2D eigenvalue weighted by Gasteiger charge is 2.43. The second-order valence-electron chi connectivity index (χ2n) is 4.17. The van der Waals surface area contributed by atoms with Crippen molar-refractivity contribution in [2.75, 3.05) is 19.0 Å². The van der Waals surface area contributed by atoms with Crippen LogP contribution in [0.5, 0.6) is 0 Å². The van der Waals surface area contributed by atoms with Crippen LogP contribution in [-0.4, -0.2) is 82.2 Å². The fraction of sp³-hybridized carbons (Fsp3) is 1.00. The molecule has 20 heavy (non-hydrogen) atoms. The largest absolute Gasteiger partial charge is 0.397 e. The smallest absolute Gasteiger partial charge is 0.394 e. The molecule has 0 bridgehead atoms. The van der Waals surface area contributed by atoms with Crippen molar-refractivity contribution < 1.29 is 42.3 Å². The quantitative estimate of drug-likeness (QED) is 0.254. The van der Waals surface area contributed by atoms with Gasteiger partial charge in [-0.25, -0.2) is 4.18 Å². The number of aliphatic hydroxyl groups is 4. The normalized spacial score (nSPS) is 35.1. The molecule has 5 atom stereocenters. The first kappa shape index (κ1) is 18.1. The average Bonchev–Trinajstić information content (AvgIpc) is 2.37. The van der Waals surface area contributed by atoms with Crippen molar-refractivity contribution in [1.29, 1.82) is 0 Å². The molecule has 120 valence electrons. The molecule has 0 aliphatic carbocycles. The Morgan fingerprint density at radius 3 is 2.35 bits per heavy atom. The summed E-state index contributed by atoms with van der Waals surface area (Å²) >= 11 is 1.07. The second kappa shape index (κ2) is 7.87. The Morgan fingerprint density at radius 2 is 1.80 bits per heavy atom. The molecule has 0 amide bonds. The number of hydrogen-bond acceptors (Lipinski definition) is 9. The highest BCUT2D eigenvalue weighted by atomic mass is 32.3. The summed E-state index contributed by atoms with van der Waals surface area (Å²) in [4.78, 5) is 0. The summed E-state index contributed by atoms with van der Waals surface area (Å²) in [5, 5.41) is 37.8. The van der Waals surface area contributed by atoms with Gasteiger partial charge < -0.3 is 25.2 Å². The van der Waals surface area contributed by atoms with E-state index in [4.69, 9.17) is 14.4 Å². The van der Waals surface area contributed by atoms with Gasteiger partial charge in [0.05, 0.1) is 13.2 Å². The molecule has 5 N–H and O–H groups in total. The first-order valence-corrected chi connectivity index (χ1v) is 8.21. The van der Waals surface area contributed by atoms with Crippen LogP contribution in [0, 0.1) is 0 Å². The molecule has 0 aromatic heterocycles. The van der Waals surface area contributed by atoms with Crippen molar-refractivity contribution in [3.63, 3.8) is 0 Å². The van der Waals surface area contributed by atoms with Crippen LogP contribution >= 0.6 is 11.8 Å². The molecule has 0 radical (unpaired) electrons. The van der Waals surface area contributed by atoms with Gasteiger partial charge in [-0.1, -0.05) is 0 Å². The number of thioether (sulfide) groups is 1. The molecular formula is C9H18O9S2. The number of ether oxygens (including phenoxy) is 1. The standard InChI is InChI=1S/C9H18O9S2/c10-4-5-6(11)7(12)8(13)9(18-5)19-3-1-2-17-20(14,15)16/h5-13H,1-4H2,(H,14,15,16)/t5-,6-,7+,8-,9+/m1/s1. The second-order valence-corrected chi connectivity index (χ2v) is 6.47. The molecule has 0 aromatic rings. The van der Waals surface area contributed by atoms with Gasteiger partial charge in [-0.15, -0.1) is 11.8 Å². The van der Waals surface area contributed by atoms with E-state index in [0.29, 0.717) is 5.75 Å². The highest BCUT2D eigenvalue weighted by Crippen LogP contribution is 2.28. The Balaban J connectivity index is 2.35. The maximum absolute atomic E-state index is 10.3. The van der Waals surface area contributed by atoms with Gasteiger partial charge in [0.15, 0.2) is 0 Å². The van der Waals surface area contributed by atoms with Gasteiger partial charge >= 0.3 is 10.4 Å². The Bertz CT molecular complexity index is 385. The van der Waals surface area contributed by atoms with Crippen LogP contribution in [0.4, 0.5) is 0 Å². The Labute approximate surface area is 120 Å². The number of rotatable bonds is 7. The third-order valence-corrected chi connectivity index (χ3v) is 4.36. The molecule has 1 aliphatic heterocycles. The lowest BCUT2D eigenvalue weighted by Crippen LogP contribution is -2.57. The van der Waals surface area contributed by atoms with Crippen LogP contribution in [0.25, 0.3) is 0 Å². The van der Waals surface area contributed by atoms with Gasteiger partial charge in [0.25, 0.3) is 0 Å². The fourth-order valence-corrected chi connectivity index (χ4v) is 3.05. The van der Waals surface area contributed by atoms with Crippen molar-refractivity contribution in [2.24, 2.45) is 0 Å². The lowest BCUT2D eigenvalue weighted by atomic mass is 10.0. The summed E-state index contributed by atoms with van der Waals surface area (Å²) in [6.45, 7) is -0.739. The van der Waals surface area contributed by atoms with Crippen LogP contribution in [0.1, 0.15) is 6.42 Å². The fourth-order valence-electron chi connectivity index (χ4n) is 1.63. The minimum Gasteiger partial charge on any atom is -0.394 e. The van der Waals surface area contributed by atoms with E-state index in [1.807, 2.05) is 0 Å². The van der Waals surface area contributed by atoms with Crippen LogP contribution in [0.15, 0.2) is 0 Å². The van der Waals surface area contributed by atoms with Gasteiger partial charge in [-0.2, -0.15) is 8.42 Å². The maximum Gasteiger partial charge on any atom is 0.397 e. The predicted molar refractivity (Wildman–Crippen MR) is 68.3 cm³/mol. The van der Waals surface area contributed by atoms with E-state index in [0.717, 1.165) is 11.8 Å². The zero-order valence-corrected chi connectivity index (χ0v) is 12.0. The zero-order chi connectivity index (χ0) is 15.3. The van der Waals surface area contributed by atoms with Gasteiger partial charge in [-0.05, 0) is 12.2 Å². The summed E-state index contributed by atoms with van der Waals surface area (Å²) < 4.78 is 38.2. The predicted octanol–water partition coefficient (Wildman–Crippen LogP) is -2.27.